The van der Waals surface area contributed by atoms with E-state index in [1.54, 1.807) is 38.1 Å². The molecule has 0 radical (unpaired) electrons. The van der Waals surface area contributed by atoms with E-state index in [0.29, 0.717) is 16.1 Å². The number of hydrogen-bond donors (Lipinski definition) is 2. The van der Waals surface area contributed by atoms with Gasteiger partial charge in [0, 0.05) is 12.6 Å². The minimum absolute atomic E-state index is 0.114. The van der Waals surface area contributed by atoms with Crippen molar-refractivity contribution in [3.05, 3.63) is 45.3 Å². The van der Waals surface area contributed by atoms with Crippen LogP contribution in [-0.2, 0) is 9.53 Å². The summed E-state index contributed by atoms with van der Waals surface area (Å²) >= 11 is 7.06. The second-order valence-electron chi connectivity index (χ2n) is 6.26. The van der Waals surface area contributed by atoms with E-state index < -0.39 is 18.5 Å². The number of carbonyl (C=O) groups excluding carboxylic acids is 3. The molecule has 0 aliphatic rings. The number of aromatic nitrogens is 2. The third-order valence-corrected chi connectivity index (χ3v) is 5.70. The van der Waals surface area contributed by atoms with Crippen LogP contribution in [0.15, 0.2) is 28.8 Å². The van der Waals surface area contributed by atoms with Crippen molar-refractivity contribution in [2.45, 2.75) is 13.8 Å². The monoisotopic (exact) mass is 478 g/mol. The van der Waals surface area contributed by atoms with E-state index >= 15 is 0 Å². The highest BCUT2D eigenvalue weighted by molar-refractivity contribution is 7.18. The molecule has 2 aromatic heterocycles. The second-order valence-corrected chi connectivity index (χ2v) is 7.69. The van der Waals surface area contributed by atoms with Crippen LogP contribution in [-0.4, -0.2) is 48.2 Å². The lowest BCUT2D eigenvalue weighted by Crippen LogP contribution is -2.21. The zero-order valence-electron chi connectivity index (χ0n) is 17.4. The van der Waals surface area contributed by atoms with Crippen LogP contribution in [0.4, 0.5) is 5.00 Å². The van der Waals surface area contributed by atoms with Crippen molar-refractivity contribution in [1.82, 2.24) is 15.5 Å². The number of nitrogens with zero attached hydrogens (tertiary/aromatic N) is 2. The maximum Gasteiger partial charge on any atom is 0.418 e. The summed E-state index contributed by atoms with van der Waals surface area (Å²) in [4.78, 5) is 41.2. The maximum atomic E-state index is 12.4. The standard InChI is InChI=1S/C20H19ClN4O6S/c1-4-29-19(28)14-10(2)15(17(27)22-3)32-18(14)23-13(26)9-30-20-24-16(25-31-20)11-7-5-6-8-12(11)21/h5-8H,4,9H2,1-3H3,(H,22,27)(H,23,26). The molecular formula is C20H19ClN4O6S. The molecule has 0 aliphatic heterocycles. The van der Waals surface area contributed by atoms with Crippen LogP contribution in [0.1, 0.15) is 32.5 Å². The van der Waals surface area contributed by atoms with Crippen molar-refractivity contribution < 1.29 is 28.4 Å². The Labute approximate surface area is 191 Å². The van der Waals surface area contributed by atoms with Gasteiger partial charge in [0.15, 0.2) is 6.61 Å². The zero-order chi connectivity index (χ0) is 23.3. The zero-order valence-corrected chi connectivity index (χ0v) is 18.9. The molecule has 2 amide bonds. The first-order valence-corrected chi connectivity index (χ1v) is 10.6. The number of amides is 2. The Morgan fingerprint density at radius 2 is 2.00 bits per heavy atom. The third-order valence-electron chi connectivity index (χ3n) is 4.16. The highest BCUT2D eigenvalue weighted by Crippen LogP contribution is 2.34. The molecule has 0 saturated carbocycles. The Balaban J connectivity index is 1.72. The number of halogens is 1. The van der Waals surface area contributed by atoms with Crippen LogP contribution in [0.25, 0.3) is 11.4 Å². The van der Waals surface area contributed by atoms with Gasteiger partial charge in [-0.25, -0.2) is 4.79 Å². The van der Waals surface area contributed by atoms with Gasteiger partial charge < -0.3 is 20.1 Å². The molecule has 3 aromatic rings. The number of hydrogen-bond acceptors (Lipinski definition) is 9. The summed E-state index contributed by atoms with van der Waals surface area (Å²) in [6.45, 7) is 2.93. The summed E-state index contributed by atoms with van der Waals surface area (Å²) in [6.07, 6.45) is -0.228. The van der Waals surface area contributed by atoms with Gasteiger partial charge in [0.25, 0.3) is 11.8 Å². The largest absolute Gasteiger partial charge is 0.462 e. The average molecular weight is 479 g/mol. The van der Waals surface area contributed by atoms with Gasteiger partial charge in [-0.1, -0.05) is 28.9 Å². The first-order valence-electron chi connectivity index (χ1n) is 9.39. The van der Waals surface area contributed by atoms with E-state index in [4.69, 9.17) is 25.6 Å². The minimum atomic E-state index is -0.645. The first kappa shape index (κ1) is 23.2. The van der Waals surface area contributed by atoms with E-state index in [0.717, 1.165) is 11.3 Å². The lowest BCUT2D eigenvalue weighted by atomic mass is 10.1. The molecule has 0 atom stereocenters. The Morgan fingerprint density at radius 1 is 1.25 bits per heavy atom. The number of thiophene rings is 1. The second kappa shape index (κ2) is 10.2. The van der Waals surface area contributed by atoms with E-state index in [1.165, 1.54) is 7.05 Å². The molecule has 10 nitrogen and oxygen atoms in total. The molecule has 0 unspecified atom stereocenters. The van der Waals surface area contributed by atoms with E-state index in [1.807, 2.05) is 0 Å². The lowest BCUT2D eigenvalue weighted by Gasteiger charge is -2.07. The molecule has 0 spiro atoms. The van der Waals surface area contributed by atoms with Crippen LogP contribution in [0, 0.1) is 6.92 Å². The number of carbonyl (C=O) groups is 3. The van der Waals surface area contributed by atoms with Crippen molar-refractivity contribution in [2.75, 3.05) is 25.6 Å². The molecule has 0 saturated heterocycles. The van der Waals surface area contributed by atoms with Crippen molar-refractivity contribution in [3.8, 4) is 17.5 Å². The fraction of sp³-hybridized carbons (Fsp3) is 0.250. The molecule has 2 N–H and O–H groups in total. The van der Waals surface area contributed by atoms with Gasteiger partial charge in [0.1, 0.15) is 5.00 Å². The predicted molar refractivity (Wildman–Crippen MR) is 117 cm³/mol. The van der Waals surface area contributed by atoms with Crippen molar-refractivity contribution in [1.29, 1.82) is 0 Å². The van der Waals surface area contributed by atoms with Gasteiger partial charge in [0.05, 0.1) is 22.1 Å². The van der Waals surface area contributed by atoms with Gasteiger partial charge in [0.2, 0.25) is 5.82 Å². The average Bonchev–Trinajstić information content (AvgIpc) is 3.36. The number of ether oxygens (including phenoxy) is 2. The normalized spacial score (nSPS) is 10.5. The smallest absolute Gasteiger partial charge is 0.418 e. The van der Waals surface area contributed by atoms with Crippen LogP contribution in [0.5, 0.6) is 6.08 Å². The van der Waals surface area contributed by atoms with E-state index in [-0.39, 0.29) is 39.9 Å². The first-order chi connectivity index (χ1) is 15.3. The molecule has 2 heterocycles. The van der Waals surface area contributed by atoms with Crippen molar-refractivity contribution in [2.24, 2.45) is 0 Å². The number of nitrogens with one attached hydrogen (secondary N) is 2. The van der Waals surface area contributed by atoms with Gasteiger partial charge >= 0.3 is 12.0 Å². The fourth-order valence-electron chi connectivity index (χ4n) is 2.69. The van der Waals surface area contributed by atoms with Crippen LogP contribution in [0.2, 0.25) is 5.02 Å². The highest BCUT2D eigenvalue weighted by Gasteiger charge is 2.26. The molecule has 1 aromatic carbocycles. The quantitative estimate of drug-likeness (QED) is 0.471. The third kappa shape index (κ3) is 5.06. The molecular weight excluding hydrogens is 460 g/mol. The molecule has 3 rings (SSSR count). The summed E-state index contributed by atoms with van der Waals surface area (Å²) in [6, 6.07) is 6.92. The molecule has 32 heavy (non-hydrogen) atoms. The van der Waals surface area contributed by atoms with Crippen LogP contribution >= 0.6 is 22.9 Å². The van der Waals surface area contributed by atoms with Gasteiger partial charge in [-0.3, -0.25) is 14.1 Å². The van der Waals surface area contributed by atoms with Crippen molar-refractivity contribution in [3.63, 3.8) is 0 Å². The van der Waals surface area contributed by atoms with Gasteiger partial charge in [-0.05, 0) is 31.5 Å². The van der Waals surface area contributed by atoms with Crippen LogP contribution in [0.3, 0.4) is 0 Å². The molecule has 0 bridgehead atoms. The number of anilines is 1. The minimum Gasteiger partial charge on any atom is -0.462 e. The molecule has 168 valence electrons. The Morgan fingerprint density at radius 3 is 2.69 bits per heavy atom. The molecule has 0 aliphatic carbocycles. The summed E-state index contributed by atoms with van der Waals surface area (Å²) in [5.74, 6) is -1.42. The Hall–Kier alpha value is -3.44. The Bertz CT molecular complexity index is 1160. The van der Waals surface area contributed by atoms with Gasteiger partial charge in [-0.2, -0.15) is 4.98 Å². The number of rotatable bonds is 8. The fourth-order valence-corrected chi connectivity index (χ4v) is 4.07. The summed E-state index contributed by atoms with van der Waals surface area (Å²) in [5.41, 5.74) is 1.07. The number of benzene rings is 1. The number of esters is 1. The molecule has 0 fully saturated rings. The maximum absolute atomic E-state index is 12.4. The summed E-state index contributed by atoms with van der Waals surface area (Å²) in [5, 5.41) is 9.46. The summed E-state index contributed by atoms with van der Waals surface area (Å²) in [7, 11) is 1.47. The predicted octanol–water partition coefficient (Wildman–Crippen LogP) is 3.31. The topological polar surface area (TPSA) is 133 Å². The Kier molecular flexibility index (Phi) is 7.44. The van der Waals surface area contributed by atoms with Crippen LogP contribution < -0.4 is 15.4 Å². The molecule has 12 heteroatoms. The highest BCUT2D eigenvalue weighted by atomic mass is 35.5. The van der Waals surface area contributed by atoms with Gasteiger partial charge in [-0.15, -0.1) is 11.3 Å². The SMILES string of the molecule is CCOC(=O)c1c(NC(=O)COc2nc(-c3ccccc3Cl)no2)sc(C(=O)NC)c1C. The van der Waals surface area contributed by atoms with E-state index in [2.05, 4.69) is 20.8 Å². The van der Waals surface area contributed by atoms with E-state index in [9.17, 15) is 14.4 Å². The van der Waals surface area contributed by atoms with Crippen molar-refractivity contribution >= 4 is 45.7 Å². The lowest BCUT2D eigenvalue weighted by molar-refractivity contribution is -0.118. The summed E-state index contributed by atoms with van der Waals surface area (Å²) < 4.78 is 15.3.